The van der Waals surface area contributed by atoms with Gasteiger partial charge in [0.15, 0.2) is 0 Å². The minimum atomic E-state index is -1.02. The quantitative estimate of drug-likeness (QED) is 0.657. The van der Waals surface area contributed by atoms with Gasteiger partial charge in [0.05, 0.1) is 16.6 Å². The normalized spacial score (nSPS) is 18.9. The molecule has 2 heterocycles. The molecule has 0 amide bonds. The molecule has 1 aliphatic carbocycles. The number of nitrogens with one attached hydrogen (secondary N) is 1. The van der Waals surface area contributed by atoms with E-state index in [2.05, 4.69) is 16.3 Å². The number of hydrogen-bond acceptors (Lipinski definition) is 4. The fraction of sp³-hybridized carbons (Fsp3) is 0.238. The average molecular weight is 396 g/mol. The second-order valence-electron chi connectivity index (χ2n) is 6.89. The highest BCUT2D eigenvalue weighted by Gasteiger charge is 2.44. The van der Waals surface area contributed by atoms with E-state index in [-0.39, 0.29) is 11.6 Å². The van der Waals surface area contributed by atoms with E-state index in [9.17, 15) is 9.90 Å². The summed E-state index contributed by atoms with van der Waals surface area (Å²) in [5.74, 6) is 0.436. The number of aryl methyl sites for hydroxylation is 1. The molecular formula is C21H18ClN3O3. The smallest absolute Gasteiger partial charge is 0.336 e. The van der Waals surface area contributed by atoms with E-state index >= 15 is 0 Å². The molecule has 3 aromatic rings. The lowest BCUT2D eigenvalue weighted by Crippen LogP contribution is -2.32. The lowest BCUT2D eigenvalue weighted by atomic mass is 10.1. The fourth-order valence-electron chi connectivity index (χ4n) is 3.09. The maximum Gasteiger partial charge on any atom is 0.336 e. The summed E-state index contributed by atoms with van der Waals surface area (Å²) in [4.78, 5) is 15.5. The highest BCUT2D eigenvalue weighted by molar-refractivity contribution is 6.31. The standard InChI is InChI=1S/C17H11ClN2O3.C4H7N/c1-3-20-15-8-11(18)5-7-14(15)19-17(20)23-12-6-4-10(2)13(9-12)16(21)22;1-3-2-5-4(1)3/h1,4-9H,2H3,(H,21,22);3-5H,1-2H2. The third-order valence-corrected chi connectivity index (χ3v) is 5.16. The zero-order valence-electron chi connectivity index (χ0n) is 15.1. The lowest BCUT2D eigenvalue weighted by Gasteiger charge is -2.09. The highest BCUT2D eigenvalue weighted by atomic mass is 35.5. The van der Waals surface area contributed by atoms with Gasteiger partial charge >= 0.3 is 12.0 Å². The minimum Gasteiger partial charge on any atom is -0.478 e. The van der Waals surface area contributed by atoms with Crippen molar-refractivity contribution in [2.24, 2.45) is 5.92 Å². The predicted octanol–water partition coefficient (Wildman–Crippen LogP) is 3.91. The predicted molar refractivity (Wildman–Crippen MR) is 107 cm³/mol. The van der Waals surface area contributed by atoms with E-state index in [0.29, 0.717) is 27.4 Å². The van der Waals surface area contributed by atoms with Crippen LogP contribution in [0.25, 0.3) is 11.0 Å². The van der Waals surface area contributed by atoms with Gasteiger partial charge in [-0.2, -0.15) is 4.98 Å². The number of rotatable bonds is 3. The van der Waals surface area contributed by atoms with Crippen LogP contribution >= 0.6 is 11.6 Å². The van der Waals surface area contributed by atoms with Crippen molar-refractivity contribution >= 4 is 28.6 Å². The summed E-state index contributed by atoms with van der Waals surface area (Å²) in [5, 5.41) is 13.0. The molecule has 1 saturated carbocycles. The molecule has 1 aliphatic heterocycles. The van der Waals surface area contributed by atoms with Gasteiger partial charge in [0, 0.05) is 17.1 Å². The number of nitrogens with zero attached hydrogens (tertiary/aromatic N) is 2. The van der Waals surface area contributed by atoms with Crippen LogP contribution in [0.3, 0.4) is 0 Å². The van der Waals surface area contributed by atoms with Crippen LogP contribution < -0.4 is 10.1 Å². The number of ether oxygens (including phenoxy) is 1. The summed E-state index contributed by atoms with van der Waals surface area (Å²) in [6.07, 6.45) is 7.00. The lowest BCUT2D eigenvalue weighted by molar-refractivity contribution is 0.0695. The number of aromatic carboxylic acids is 1. The molecule has 7 heteroatoms. The van der Waals surface area contributed by atoms with Crippen molar-refractivity contribution in [3.8, 4) is 24.2 Å². The summed E-state index contributed by atoms with van der Waals surface area (Å²) in [7, 11) is 0. The molecule has 6 nitrogen and oxygen atoms in total. The molecule has 2 aromatic carbocycles. The van der Waals surface area contributed by atoms with Crippen molar-refractivity contribution in [1.29, 1.82) is 0 Å². The van der Waals surface area contributed by atoms with Crippen molar-refractivity contribution in [2.45, 2.75) is 19.4 Å². The van der Waals surface area contributed by atoms with Gasteiger partial charge in [0.25, 0.3) is 0 Å². The largest absolute Gasteiger partial charge is 0.478 e. The molecule has 2 fully saturated rings. The van der Waals surface area contributed by atoms with Crippen LogP contribution in [0.4, 0.5) is 0 Å². The van der Waals surface area contributed by atoms with Crippen molar-refractivity contribution in [3.05, 3.63) is 52.5 Å². The zero-order valence-corrected chi connectivity index (χ0v) is 15.9. The molecule has 1 aromatic heterocycles. The van der Waals surface area contributed by atoms with Crippen LogP contribution in [-0.4, -0.2) is 33.2 Å². The van der Waals surface area contributed by atoms with Crippen LogP contribution in [0.5, 0.6) is 11.8 Å². The van der Waals surface area contributed by atoms with Crippen molar-refractivity contribution in [2.75, 3.05) is 6.54 Å². The van der Waals surface area contributed by atoms with E-state index < -0.39 is 5.97 Å². The molecule has 2 N–H and O–H groups in total. The second-order valence-corrected chi connectivity index (χ2v) is 7.32. The van der Waals surface area contributed by atoms with E-state index in [1.165, 1.54) is 23.6 Å². The molecule has 1 saturated heterocycles. The van der Waals surface area contributed by atoms with Gasteiger partial charge in [-0.15, -0.1) is 0 Å². The third kappa shape index (κ3) is 3.55. The van der Waals surface area contributed by atoms with Crippen molar-refractivity contribution in [1.82, 2.24) is 14.9 Å². The van der Waals surface area contributed by atoms with Gasteiger partial charge in [0.1, 0.15) is 5.75 Å². The maximum atomic E-state index is 11.2. The number of aromatic nitrogens is 2. The number of carbonyl (C=O) groups is 1. The zero-order chi connectivity index (χ0) is 19.8. The Morgan fingerprint density at radius 1 is 1.39 bits per heavy atom. The van der Waals surface area contributed by atoms with Gasteiger partial charge in [0.2, 0.25) is 0 Å². The number of benzene rings is 2. The first-order chi connectivity index (χ1) is 13.5. The van der Waals surface area contributed by atoms with E-state index in [1.54, 1.807) is 37.3 Å². The van der Waals surface area contributed by atoms with E-state index in [0.717, 1.165) is 12.0 Å². The van der Waals surface area contributed by atoms with Crippen LogP contribution in [0.15, 0.2) is 36.4 Å². The number of terminal acetylenes is 1. The third-order valence-electron chi connectivity index (χ3n) is 4.93. The van der Waals surface area contributed by atoms with E-state index in [4.69, 9.17) is 22.8 Å². The molecular weight excluding hydrogens is 378 g/mol. The van der Waals surface area contributed by atoms with Crippen LogP contribution in [-0.2, 0) is 0 Å². The summed E-state index contributed by atoms with van der Waals surface area (Å²) in [6, 6.07) is 13.5. The SMILES string of the molecule is C#Cn1c(Oc2ccc(C)c(C(=O)O)c2)nc2ccc(Cl)cc21.C1NC2CC12. The molecule has 0 spiro atoms. The summed E-state index contributed by atoms with van der Waals surface area (Å²) in [6.45, 7) is 3.02. The number of hydrogen-bond donors (Lipinski definition) is 2. The number of halogens is 1. The van der Waals surface area contributed by atoms with Crippen LogP contribution in [0, 0.1) is 25.3 Å². The van der Waals surface area contributed by atoms with Gasteiger partial charge in [-0.3, -0.25) is 0 Å². The average Bonchev–Trinajstić information content (AvgIpc) is 3.09. The molecule has 2 atom stereocenters. The second kappa shape index (κ2) is 7.19. The van der Waals surface area contributed by atoms with Gasteiger partial charge < -0.3 is 15.2 Å². The molecule has 5 rings (SSSR count). The number of imidazole rings is 1. The molecule has 0 bridgehead atoms. The molecule has 2 unspecified atom stereocenters. The Bertz CT molecular complexity index is 1100. The molecule has 0 radical (unpaired) electrons. The first-order valence-electron chi connectivity index (χ1n) is 8.86. The summed E-state index contributed by atoms with van der Waals surface area (Å²) >= 11 is 5.97. The number of carboxylic acid groups (broad SMARTS) is 1. The minimum absolute atomic E-state index is 0.161. The fourth-order valence-corrected chi connectivity index (χ4v) is 3.25. The van der Waals surface area contributed by atoms with Gasteiger partial charge in [-0.05, 0) is 61.7 Å². The van der Waals surface area contributed by atoms with Crippen molar-refractivity contribution < 1.29 is 14.6 Å². The first-order valence-corrected chi connectivity index (χ1v) is 9.24. The molecule has 2 aliphatic rings. The highest BCUT2D eigenvalue weighted by Crippen LogP contribution is 2.36. The topological polar surface area (TPSA) is 76.4 Å². The van der Waals surface area contributed by atoms with Crippen molar-refractivity contribution in [3.63, 3.8) is 0 Å². The maximum absolute atomic E-state index is 11.2. The van der Waals surface area contributed by atoms with E-state index in [1.807, 2.05) is 0 Å². The Morgan fingerprint density at radius 2 is 2.18 bits per heavy atom. The Hall–Kier alpha value is -3.01. The van der Waals surface area contributed by atoms with Crippen LogP contribution in [0.2, 0.25) is 5.02 Å². The summed E-state index contributed by atoms with van der Waals surface area (Å²) in [5.41, 5.74) is 2.07. The Labute approximate surface area is 167 Å². The Morgan fingerprint density at radius 3 is 2.75 bits per heavy atom. The van der Waals surface area contributed by atoms with Gasteiger partial charge in [-0.25, -0.2) is 9.36 Å². The first kappa shape index (κ1) is 18.4. The Kier molecular flexibility index (Phi) is 4.71. The number of carboxylic acids is 1. The monoisotopic (exact) mass is 395 g/mol. The summed E-state index contributed by atoms with van der Waals surface area (Å²) < 4.78 is 7.09. The molecule has 142 valence electrons. The number of fused-ring (bicyclic) bond motifs is 2. The Balaban J connectivity index is 0.000000326. The van der Waals surface area contributed by atoms with Crippen LogP contribution in [0.1, 0.15) is 22.3 Å². The van der Waals surface area contributed by atoms with Gasteiger partial charge in [-0.1, -0.05) is 24.1 Å². The molecule has 28 heavy (non-hydrogen) atoms.